The fraction of sp³-hybridized carbons (Fsp3) is 0.370. The van der Waals surface area contributed by atoms with E-state index in [1.54, 1.807) is 46.6 Å². The molecule has 0 aliphatic carbocycles. The van der Waals surface area contributed by atoms with Crippen molar-refractivity contribution in [2.75, 3.05) is 33.4 Å². The van der Waals surface area contributed by atoms with Crippen molar-refractivity contribution in [2.45, 2.75) is 31.2 Å². The Balaban J connectivity index is 1.58. The van der Waals surface area contributed by atoms with Gasteiger partial charge in [0.1, 0.15) is 12.4 Å². The van der Waals surface area contributed by atoms with Crippen molar-refractivity contribution >= 4 is 27.3 Å². The quantitative estimate of drug-likeness (QED) is 0.367. The van der Waals surface area contributed by atoms with Crippen LogP contribution in [-0.2, 0) is 21.2 Å². The van der Waals surface area contributed by atoms with E-state index in [4.69, 9.17) is 9.47 Å². The van der Waals surface area contributed by atoms with Gasteiger partial charge in [-0.2, -0.15) is 4.31 Å². The molecule has 0 saturated carbocycles. The maximum atomic E-state index is 14.2. The van der Waals surface area contributed by atoms with Gasteiger partial charge in [0.15, 0.2) is 11.6 Å². The topological polar surface area (TPSA) is 76.2 Å². The van der Waals surface area contributed by atoms with E-state index < -0.39 is 21.9 Å². The number of amides is 1. The molecule has 2 heterocycles. The van der Waals surface area contributed by atoms with Gasteiger partial charge in [-0.15, -0.1) is 11.3 Å². The van der Waals surface area contributed by atoms with E-state index in [0.717, 1.165) is 10.4 Å². The van der Waals surface area contributed by atoms with Gasteiger partial charge >= 0.3 is 0 Å². The molecule has 4 rings (SSSR count). The molecule has 2 aromatic carbocycles. The second-order valence-electron chi connectivity index (χ2n) is 9.26. The summed E-state index contributed by atoms with van der Waals surface area (Å²) in [4.78, 5) is 16.6. The Morgan fingerprint density at radius 3 is 2.57 bits per heavy atom. The molecule has 1 aliphatic rings. The highest BCUT2D eigenvalue weighted by atomic mass is 32.2. The number of thiophene rings is 1. The van der Waals surface area contributed by atoms with Crippen LogP contribution in [0, 0.1) is 11.7 Å². The predicted octanol–water partition coefficient (Wildman–Crippen LogP) is 4.75. The van der Waals surface area contributed by atoms with Gasteiger partial charge in [-0.05, 0) is 65.7 Å². The summed E-state index contributed by atoms with van der Waals surface area (Å²) >= 11 is 1.61. The molecule has 1 atom stereocenters. The minimum atomic E-state index is -3.93. The summed E-state index contributed by atoms with van der Waals surface area (Å²) in [6.45, 7) is 4.19. The van der Waals surface area contributed by atoms with Crippen molar-refractivity contribution in [3.05, 3.63) is 76.2 Å². The number of ether oxygens (including phenoxy) is 2. The van der Waals surface area contributed by atoms with Crippen LogP contribution < -0.4 is 9.47 Å². The number of carbonyl (C=O) groups excluding carboxylic acids is 1. The van der Waals surface area contributed by atoms with Gasteiger partial charge in [0.25, 0.3) is 0 Å². The van der Waals surface area contributed by atoms with Crippen LogP contribution in [0.1, 0.15) is 30.3 Å². The molecule has 0 bridgehead atoms. The molecule has 0 unspecified atom stereocenters. The zero-order valence-corrected chi connectivity index (χ0v) is 22.7. The van der Waals surface area contributed by atoms with Crippen molar-refractivity contribution < 1.29 is 27.1 Å². The summed E-state index contributed by atoms with van der Waals surface area (Å²) in [6.07, 6.45) is 0.671. The molecule has 0 N–H and O–H groups in total. The molecule has 0 radical (unpaired) electrons. The highest BCUT2D eigenvalue weighted by Gasteiger charge is 2.35. The average Bonchev–Trinajstić information content (AvgIpc) is 3.36. The number of carbonyl (C=O) groups is 1. The number of para-hydroxylation sites is 1. The molecular weight excluding hydrogens is 515 g/mol. The lowest BCUT2D eigenvalue weighted by Gasteiger charge is -2.37. The normalized spacial score (nSPS) is 15.6. The van der Waals surface area contributed by atoms with Gasteiger partial charge in [-0.1, -0.05) is 26.0 Å². The first-order valence-corrected chi connectivity index (χ1v) is 14.4. The monoisotopic (exact) mass is 546 g/mol. The first-order chi connectivity index (χ1) is 17.7. The maximum Gasteiger partial charge on any atom is 0.243 e. The van der Waals surface area contributed by atoms with E-state index in [1.165, 1.54) is 29.6 Å². The second kappa shape index (κ2) is 11.6. The highest BCUT2D eigenvalue weighted by Crippen LogP contribution is 2.34. The summed E-state index contributed by atoms with van der Waals surface area (Å²) in [5, 5.41) is 1.97. The Kier molecular flexibility index (Phi) is 8.51. The third-order valence-corrected chi connectivity index (χ3v) is 9.05. The van der Waals surface area contributed by atoms with Crippen LogP contribution in [0.25, 0.3) is 0 Å². The molecule has 1 aliphatic heterocycles. The SMILES string of the molecule is COc1ccc(S(=O)(=O)N(CC(=O)N2CCc3sccc3[C@@H]2COc2ccccc2F)CC(C)C)cc1. The fourth-order valence-corrected chi connectivity index (χ4v) is 6.88. The highest BCUT2D eigenvalue weighted by molar-refractivity contribution is 7.89. The third-order valence-electron chi connectivity index (χ3n) is 6.23. The maximum absolute atomic E-state index is 14.2. The van der Waals surface area contributed by atoms with Crippen LogP contribution in [0.3, 0.4) is 0 Å². The van der Waals surface area contributed by atoms with Crippen molar-refractivity contribution in [2.24, 2.45) is 5.92 Å². The van der Waals surface area contributed by atoms with Crippen molar-refractivity contribution in [3.8, 4) is 11.5 Å². The number of halogens is 1. The summed E-state index contributed by atoms with van der Waals surface area (Å²) in [6, 6.07) is 13.8. The number of fused-ring (bicyclic) bond motifs is 1. The summed E-state index contributed by atoms with van der Waals surface area (Å²) in [5.41, 5.74) is 0.953. The summed E-state index contributed by atoms with van der Waals surface area (Å²) in [7, 11) is -2.42. The van der Waals surface area contributed by atoms with Gasteiger partial charge in [0.2, 0.25) is 15.9 Å². The summed E-state index contributed by atoms with van der Waals surface area (Å²) < 4.78 is 53.4. The number of hydrogen-bond donors (Lipinski definition) is 0. The minimum absolute atomic E-state index is 0.00541. The molecule has 3 aromatic rings. The zero-order valence-electron chi connectivity index (χ0n) is 21.1. The van der Waals surface area contributed by atoms with E-state index in [2.05, 4.69) is 0 Å². The molecule has 37 heavy (non-hydrogen) atoms. The lowest BCUT2D eigenvalue weighted by Crippen LogP contribution is -2.48. The Bertz CT molecular complexity index is 1320. The Labute approximate surface area is 221 Å². The van der Waals surface area contributed by atoms with Crippen LogP contribution >= 0.6 is 11.3 Å². The number of benzene rings is 2. The molecular formula is C27H31FN2O5S2. The molecule has 1 amide bonds. The average molecular weight is 547 g/mol. The predicted molar refractivity (Wildman–Crippen MR) is 141 cm³/mol. The third kappa shape index (κ3) is 6.14. The van der Waals surface area contributed by atoms with E-state index >= 15 is 0 Å². The Morgan fingerprint density at radius 1 is 1.16 bits per heavy atom. The Morgan fingerprint density at radius 2 is 1.89 bits per heavy atom. The lowest BCUT2D eigenvalue weighted by atomic mass is 10.0. The van der Waals surface area contributed by atoms with E-state index in [-0.39, 0.29) is 42.2 Å². The van der Waals surface area contributed by atoms with Crippen LogP contribution in [0.5, 0.6) is 11.5 Å². The number of methoxy groups -OCH3 is 1. The van der Waals surface area contributed by atoms with Crippen LogP contribution in [0.4, 0.5) is 4.39 Å². The van der Waals surface area contributed by atoms with Crippen molar-refractivity contribution in [1.29, 1.82) is 0 Å². The fourth-order valence-electron chi connectivity index (χ4n) is 4.40. The number of rotatable bonds is 10. The van der Waals surface area contributed by atoms with Crippen molar-refractivity contribution in [1.82, 2.24) is 9.21 Å². The zero-order chi connectivity index (χ0) is 26.6. The standard InChI is InChI=1S/C27H31FN2O5S2/c1-19(2)16-29(37(32,33)21-10-8-20(34-3)9-11-21)17-27(31)30-14-12-26-22(13-15-36-26)24(30)18-35-25-7-5-4-6-23(25)28/h4-11,13,15,19,24H,12,14,16-18H2,1-3H3/t24-/m0/s1. The van der Waals surface area contributed by atoms with Gasteiger partial charge in [0, 0.05) is 18.0 Å². The second-order valence-corrected chi connectivity index (χ2v) is 12.2. The van der Waals surface area contributed by atoms with E-state index in [9.17, 15) is 17.6 Å². The molecule has 7 nitrogen and oxygen atoms in total. The summed E-state index contributed by atoms with van der Waals surface area (Å²) in [5.74, 6) is -0.137. The molecule has 0 saturated heterocycles. The van der Waals surface area contributed by atoms with Crippen LogP contribution in [0.2, 0.25) is 0 Å². The number of nitrogens with zero attached hydrogens (tertiary/aromatic N) is 2. The van der Waals surface area contributed by atoms with E-state index in [0.29, 0.717) is 18.7 Å². The van der Waals surface area contributed by atoms with Crippen LogP contribution in [0.15, 0.2) is 64.9 Å². The molecule has 198 valence electrons. The molecule has 1 aromatic heterocycles. The van der Waals surface area contributed by atoms with Gasteiger partial charge in [-0.25, -0.2) is 12.8 Å². The number of hydrogen-bond acceptors (Lipinski definition) is 6. The minimum Gasteiger partial charge on any atom is -0.497 e. The first kappa shape index (κ1) is 27.1. The molecule has 0 fully saturated rings. The Hall–Kier alpha value is -2.95. The van der Waals surface area contributed by atoms with Gasteiger partial charge in [0.05, 0.1) is 24.6 Å². The van der Waals surface area contributed by atoms with E-state index in [1.807, 2.05) is 25.3 Å². The number of sulfonamides is 1. The van der Waals surface area contributed by atoms with Gasteiger partial charge in [-0.3, -0.25) is 4.79 Å². The van der Waals surface area contributed by atoms with Gasteiger partial charge < -0.3 is 14.4 Å². The lowest BCUT2D eigenvalue weighted by molar-refractivity contribution is -0.135. The largest absolute Gasteiger partial charge is 0.497 e. The van der Waals surface area contributed by atoms with Crippen LogP contribution in [-0.4, -0.2) is 56.9 Å². The van der Waals surface area contributed by atoms with Crippen molar-refractivity contribution in [3.63, 3.8) is 0 Å². The molecule has 10 heteroatoms. The first-order valence-electron chi connectivity index (χ1n) is 12.1. The smallest absolute Gasteiger partial charge is 0.243 e. The molecule has 0 spiro atoms.